The minimum absolute atomic E-state index is 0.00417. The van der Waals surface area contributed by atoms with Gasteiger partial charge in [0.1, 0.15) is 23.8 Å². The van der Waals surface area contributed by atoms with E-state index in [1.165, 1.54) is 0 Å². The number of benzene rings is 1. The minimum atomic E-state index is 0.00417. The van der Waals surface area contributed by atoms with Gasteiger partial charge in [0.2, 0.25) is 0 Å². The van der Waals surface area contributed by atoms with Crippen molar-refractivity contribution in [1.82, 2.24) is 19.5 Å². The van der Waals surface area contributed by atoms with Crippen LogP contribution in [0.15, 0.2) is 36.9 Å². The first-order chi connectivity index (χ1) is 11.9. The molecule has 0 amide bonds. The number of hydrogen-bond donors (Lipinski definition) is 0. The third kappa shape index (κ3) is 2.63. The summed E-state index contributed by atoms with van der Waals surface area (Å²) in [6.45, 7) is 0.780. The molecule has 1 aromatic carbocycles. The summed E-state index contributed by atoms with van der Waals surface area (Å²) in [7, 11) is 0. The Morgan fingerprint density at radius 2 is 2.04 bits per heavy atom. The number of aromatic nitrogens is 4. The molecule has 1 saturated heterocycles. The predicted molar refractivity (Wildman–Crippen MR) is 88.9 cm³/mol. The Bertz CT molecular complexity index is 888. The molecular weight excluding hydrogens is 302 g/mol. The Hall–Kier alpha value is -2.78. The highest BCUT2D eigenvalue weighted by atomic mass is 16.5. The summed E-state index contributed by atoms with van der Waals surface area (Å²) in [5.41, 5.74) is 4.34. The van der Waals surface area contributed by atoms with Crippen molar-refractivity contribution >= 4 is 11.2 Å². The van der Waals surface area contributed by atoms with Crippen molar-refractivity contribution in [1.29, 1.82) is 5.26 Å². The van der Waals surface area contributed by atoms with Gasteiger partial charge in [-0.15, -0.1) is 0 Å². The van der Waals surface area contributed by atoms with Gasteiger partial charge in [0, 0.05) is 12.2 Å². The molecule has 24 heavy (non-hydrogen) atoms. The Kier molecular flexibility index (Phi) is 3.93. The Morgan fingerprint density at radius 1 is 1.17 bits per heavy atom. The molecule has 1 aliphatic heterocycles. The highest BCUT2D eigenvalue weighted by Crippen LogP contribution is 2.29. The number of imidazole rings is 1. The summed E-state index contributed by atoms with van der Waals surface area (Å²) >= 11 is 0. The number of ether oxygens (including phenoxy) is 1. The minimum Gasteiger partial charge on any atom is -0.358 e. The molecule has 6 heteroatoms. The van der Waals surface area contributed by atoms with E-state index in [0.717, 1.165) is 53.9 Å². The number of fused-ring (bicyclic) bond motifs is 1. The lowest BCUT2D eigenvalue weighted by molar-refractivity contribution is -0.0298. The van der Waals surface area contributed by atoms with Crippen LogP contribution in [0.25, 0.3) is 22.4 Å². The molecule has 2 aromatic heterocycles. The number of nitrogens with zero attached hydrogens (tertiary/aromatic N) is 5. The summed E-state index contributed by atoms with van der Waals surface area (Å²) < 4.78 is 7.85. The van der Waals surface area contributed by atoms with Crippen LogP contribution in [0.3, 0.4) is 0 Å². The topological polar surface area (TPSA) is 76.6 Å². The summed E-state index contributed by atoms with van der Waals surface area (Å²) in [5, 5.41) is 8.78. The molecule has 0 saturated carbocycles. The Balaban J connectivity index is 1.74. The summed E-state index contributed by atoms with van der Waals surface area (Å²) in [5.74, 6) is 0. The fourth-order valence-electron chi connectivity index (χ4n) is 3.09. The zero-order chi connectivity index (χ0) is 16.4. The molecule has 1 unspecified atom stereocenters. The molecular formula is C18H17N5O. The number of nitriles is 1. The van der Waals surface area contributed by atoms with Crippen LogP contribution in [0.1, 0.15) is 31.1 Å². The first kappa shape index (κ1) is 14.8. The van der Waals surface area contributed by atoms with Crippen molar-refractivity contribution in [2.24, 2.45) is 0 Å². The van der Waals surface area contributed by atoms with Gasteiger partial charge in [0.25, 0.3) is 0 Å². The van der Waals surface area contributed by atoms with Crippen LogP contribution in [0, 0.1) is 11.3 Å². The van der Waals surface area contributed by atoms with Gasteiger partial charge in [-0.3, -0.25) is 4.57 Å². The largest absolute Gasteiger partial charge is 0.358 e. The van der Waals surface area contributed by atoms with Crippen LogP contribution in [0.4, 0.5) is 0 Å². The van der Waals surface area contributed by atoms with E-state index >= 15 is 0 Å². The maximum absolute atomic E-state index is 8.78. The van der Waals surface area contributed by atoms with Crippen molar-refractivity contribution in [3.63, 3.8) is 0 Å². The molecule has 6 nitrogen and oxygen atoms in total. The molecule has 1 fully saturated rings. The maximum atomic E-state index is 8.78. The van der Waals surface area contributed by atoms with Crippen molar-refractivity contribution < 1.29 is 4.74 Å². The van der Waals surface area contributed by atoms with Crippen molar-refractivity contribution in [2.75, 3.05) is 6.61 Å². The van der Waals surface area contributed by atoms with E-state index in [4.69, 9.17) is 10.00 Å². The van der Waals surface area contributed by atoms with Crippen molar-refractivity contribution in [3.05, 3.63) is 42.5 Å². The van der Waals surface area contributed by atoms with Crippen LogP contribution >= 0.6 is 0 Å². The lowest BCUT2D eigenvalue weighted by Gasteiger charge is -2.23. The Labute approximate surface area is 139 Å². The number of rotatable bonds is 3. The fraction of sp³-hybridized carbons (Fsp3) is 0.333. The summed E-state index contributed by atoms with van der Waals surface area (Å²) in [6, 6.07) is 10.0. The van der Waals surface area contributed by atoms with Crippen LogP contribution in [0.2, 0.25) is 0 Å². The molecule has 1 aliphatic rings. The average Bonchev–Trinajstić information content (AvgIpc) is 3.08. The van der Waals surface area contributed by atoms with Gasteiger partial charge in [-0.2, -0.15) is 5.26 Å². The maximum Gasteiger partial charge on any atom is 0.165 e. The second kappa shape index (κ2) is 6.38. The van der Waals surface area contributed by atoms with Gasteiger partial charge >= 0.3 is 0 Å². The van der Waals surface area contributed by atoms with Gasteiger partial charge in [-0.25, -0.2) is 15.0 Å². The van der Waals surface area contributed by atoms with Crippen LogP contribution in [-0.4, -0.2) is 26.1 Å². The SMILES string of the molecule is N#CCc1ccc(-c2ncnc3c2ncn3C2CCCCO2)cc1. The zero-order valence-electron chi connectivity index (χ0n) is 13.2. The van der Waals surface area contributed by atoms with E-state index < -0.39 is 0 Å². The summed E-state index contributed by atoms with van der Waals surface area (Å²) in [4.78, 5) is 13.4. The van der Waals surface area contributed by atoms with Gasteiger partial charge < -0.3 is 4.74 Å². The third-order valence-corrected chi connectivity index (χ3v) is 4.34. The Morgan fingerprint density at radius 3 is 2.79 bits per heavy atom. The first-order valence-corrected chi connectivity index (χ1v) is 8.12. The zero-order valence-corrected chi connectivity index (χ0v) is 13.2. The molecule has 0 radical (unpaired) electrons. The molecule has 0 N–H and O–H groups in total. The van der Waals surface area contributed by atoms with Crippen molar-refractivity contribution in [2.45, 2.75) is 31.9 Å². The first-order valence-electron chi connectivity index (χ1n) is 8.12. The molecule has 3 heterocycles. The average molecular weight is 319 g/mol. The van der Waals surface area contributed by atoms with E-state index in [0.29, 0.717) is 6.42 Å². The van der Waals surface area contributed by atoms with E-state index in [1.54, 1.807) is 12.7 Å². The third-order valence-electron chi connectivity index (χ3n) is 4.34. The van der Waals surface area contributed by atoms with E-state index in [9.17, 15) is 0 Å². The predicted octanol–water partition coefficient (Wildman–Crippen LogP) is 3.26. The lowest BCUT2D eigenvalue weighted by Crippen LogP contribution is -2.17. The van der Waals surface area contributed by atoms with Crippen LogP contribution in [0.5, 0.6) is 0 Å². The monoisotopic (exact) mass is 319 g/mol. The second-order valence-corrected chi connectivity index (χ2v) is 5.90. The summed E-state index contributed by atoms with van der Waals surface area (Å²) in [6.07, 6.45) is 7.02. The fourth-order valence-corrected chi connectivity index (χ4v) is 3.09. The van der Waals surface area contributed by atoms with Gasteiger partial charge in [0.05, 0.1) is 18.8 Å². The highest BCUT2D eigenvalue weighted by molar-refractivity contribution is 5.87. The quantitative estimate of drug-likeness (QED) is 0.740. The van der Waals surface area contributed by atoms with Gasteiger partial charge in [-0.05, 0) is 24.8 Å². The van der Waals surface area contributed by atoms with Crippen LogP contribution in [-0.2, 0) is 11.2 Å². The standard InChI is InChI=1S/C18H17N5O/c19-9-8-13-4-6-14(7-5-13)16-17-18(21-11-20-16)23(12-22-17)15-3-1-2-10-24-15/h4-7,11-12,15H,1-3,8,10H2. The molecule has 120 valence electrons. The molecule has 3 aromatic rings. The molecule has 0 aliphatic carbocycles. The van der Waals surface area contributed by atoms with Gasteiger partial charge in [0.15, 0.2) is 5.65 Å². The van der Waals surface area contributed by atoms with E-state index in [-0.39, 0.29) is 6.23 Å². The lowest BCUT2D eigenvalue weighted by atomic mass is 10.1. The van der Waals surface area contributed by atoms with Crippen molar-refractivity contribution in [3.8, 4) is 17.3 Å². The normalized spacial score (nSPS) is 17.7. The van der Waals surface area contributed by atoms with E-state index in [2.05, 4.69) is 21.0 Å². The highest BCUT2D eigenvalue weighted by Gasteiger charge is 2.20. The second-order valence-electron chi connectivity index (χ2n) is 5.90. The molecule has 4 rings (SSSR count). The molecule has 0 bridgehead atoms. The molecule has 0 spiro atoms. The van der Waals surface area contributed by atoms with Gasteiger partial charge in [-0.1, -0.05) is 24.3 Å². The van der Waals surface area contributed by atoms with Crippen LogP contribution < -0.4 is 0 Å². The number of hydrogen-bond acceptors (Lipinski definition) is 5. The van der Waals surface area contributed by atoms with E-state index in [1.807, 2.05) is 28.8 Å². The smallest absolute Gasteiger partial charge is 0.165 e. The molecule has 1 atom stereocenters.